The first-order valence-electron chi connectivity index (χ1n) is 7.53. The van der Waals surface area contributed by atoms with Crippen LogP contribution < -0.4 is 5.32 Å². The van der Waals surface area contributed by atoms with Crippen LogP contribution in [0.25, 0.3) is 5.69 Å². The molecule has 0 atom stereocenters. The molecule has 1 N–H and O–H groups in total. The van der Waals surface area contributed by atoms with Gasteiger partial charge in [-0.3, -0.25) is 4.79 Å². The molecule has 1 aliphatic carbocycles. The third kappa shape index (κ3) is 2.63. The van der Waals surface area contributed by atoms with Crippen molar-refractivity contribution in [2.75, 3.05) is 0 Å². The van der Waals surface area contributed by atoms with E-state index in [-0.39, 0.29) is 5.91 Å². The lowest BCUT2D eigenvalue weighted by Gasteiger charge is -2.05. The number of nitrogens with zero attached hydrogens (tertiary/aromatic N) is 4. The Balaban J connectivity index is 1.59. The number of amides is 1. The minimum absolute atomic E-state index is 0.152. The maximum absolute atomic E-state index is 12.0. The zero-order valence-corrected chi connectivity index (χ0v) is 13.2. The van der Waals surface area contributed by atoms with E-state index < -0.39 is 0 Å². The molecule has 0 saturated carbocycles. The van der Waals surface area contributed by atoms with Gasteiger partial charge in [-0.15, -0.1) is 5.10 Å². The largest absolute Gasteiger partial charge is 0.346 e. The predicted molar refractivity (Wildman–Crippen MR) is 86.7 cm³/mol. The van der Waals surface area contributed by atoms with Crippen LogP contribution in [0.3, 0.4) is 0 Å². The standard InChI is InChI=1S/C16H15N5OS/c22-16(15-10-18-20-23-15)17-9-13-12-7-4-8-14(12)21(19-13)11-5-2-1-3-6-11/h1-3,5-6,10H,4,7-9H2,(H,17,22). The topological polar surface area (TPSA) is 72.7 Å². The number of aromatic nitrogens is 4. The van der Waals surface area contributed by atoms with Crippen LogP contribution in [0.5, 0.6) is 0 Å². The summed E-state index contributed by atoms with van der Waals surface area (Å²) in [7, 11) is 0. The van der Waals surface area contributed by atoms with Gasteiger partial charge in [0.25, 0.3) is 5.91 Å². The lowest BCUT2D eigenvalue weighted by Crippen LogP contribution is -2.22. The minimum Gasteiger partial charge on any atom is -0.346 e. The Kier molecular flexibility index (Phi) is 3.63. The lowest BCUT2D eigenvalue weighted by atomic mass is 10.2. The van der Waals surface area contributed by atoms with Gasteiger partial charge in [0.2, 0.25) is 0 Å². The van der Waals surface area contributed by atoms with Crippen LogP contribution in [-0.4, -0.2) is 25.3 Å². The summed E-state index contributed by atoms with van der Waals surface area (Å²) >= 11 is 1.09. The second kappa shape index (κ2) is 5.92. The number of fused-ring (bicyclic) bond motifs is 1. The zero-order valence-electron chi connectivity index (χ0n) is 12.4. The molecule has 0 bridgehead atoms. The Morgan fingerprint density at radius 2 is 2.13 bits per heavy atom. The summed E-state index contributed by atoms with van der Waals surface area (Å²) in [6.45, 7) is 0.429. The summed E-state index contributed by atoms with van der Waals surface area (Å²) in [5, 5.41) is 11.3. The normalized spacial score (nSPS) is 13.0. The van der Waals surface area contributed by atoms with E-state index in [9.17, 15) is 4.79 Å². The van der Waals surface area contributed by atoms with Gasteiger partial charge in [-0.05, 0) is 48.5 Å². The molecular weight excluding hydrogens is 310 g/mol. The van der Waals surface area contributed by atoms with Crippen LogP contribution in [0, 0.1) is 0 Å². The first-order valence-corrected chi connectivity index (χ1v) is 8.31. The molecule has 23 heavy (non-hydrogen) atoms. The number of para-hydroxylation sites is 1. The highest BCUT2D eigenvalue weighted by atomic mass is 32.1. The van der Waals surface area contributed by atoms with Crippen molar-refractivity contribution in [1.82, 2.24) is 24.7 Å². The Bertz CT molecular complexity index is 826. The smallest absolute Gasteiger partial charge is 0.264 e. The van der Waals surface area contributed by atoms with Crippen molar-refractivity contribution in [2.45, 2.75) is 25.8 Å². The van der Waals surface area contributed by atoms with Crippen molar-refractivity contribution in [3.05, 3.63) is 58.4 Å². The highest BCUT2D eigenvalue weighted by Gasteiger charge is 2.23. The number of benzene rings is 1. The molecule has 0 saturated heterocycles. The van der Waals surface area contributed by atoms with Crippen molar-refractivity contribution in [3.8, 4) is 5.69 Å². The summed E-state index contributed by atoms with van der Waals surface area (Å²) in [5.41, 5.74) is 4.55. The molecule has 2 heterocycles. The fourth-order valence-electron chi connectivity index (χ4n) is 2.96. The maximum atomic E-state index is 12.0. The summed E-state index contributed by atoms with van der Waals surface area (Å²) in [6, 6.07) is 10.1. The minimum atomic E-state index is -0.152. The zero-order chi connectivity index (χ0) is 15.6. The molecule has 116 valence electrons. The Labute approximate surface area is 137 Å². The first-order chi connectivity index (χ1) is 11.3. The molecule has 0 aliphatic heterocycles. The fraction of sp³-hybridized carbons (Fsp3) is 0.250. The Morgan fingerprint density at radius 3 is 2.91 bits per heavy atom. The third-order valence-electron chi connectivity index (χ3n) is 4.02. The van der Waals surface area contributed by atoms with Gasteiger partial charge in [0.15, 0.2) is 0 Å². The fourth-order valence-corrected chi connectivity index (χ4v) is 3.39. The van der Waals surface area contributed by atoms with Crippen molar-refractivity contribution in [1.29, 1.82) is 0 Å². The summed E-state index contributed by atoms with van der Waals surface area (Å²) in [6.07, 6.45) is 4.67. The number of nitrogens with one attached hydrogen (secondary N) is 1. The predicted octanol–water partition coefficient (Wildman–Crippen LogP) is 2.14. The second-order valence-electron chi connectivity index (χ2n) is 5.44. The number of carbonyl (C=O) groups is 1. The van der Waals surface area contributed by atoms with Gasteiger partial charge < -0.3 is 5.32 Å². The van der Waals surface area contributed by atoms with Gasteiger partial charge in [0, 0.05) is 5.69 Å². The molecule has 0 unspecified atom stereocenters. The van der Waals surface area contributed by atoms with E-state index in [0.717, 1.165) is 42.2 Å². The number of rotatable bonds is 4. The van der Waals surface area contributed by atoms with E-state index >= 15 is 0 Å². The highest BCUT2D eigenvalue weighted by Crippen LogP contribution is 2.27. The second-order valence-corrected chi connectivity index (χ2v) is 6.22. The van der Waals surface area contributed by atoms with Crippen LogP contribution in [0.15, 0.2) is 36.5 Å². The molecule has 6 nitrogen and oxygen atoms in total. The molecule has 2 aromatic heterocycles. The van der Waals surface area contributed by atoms with E-state index in [4.69, 9.17) is 5.10 Å². The molecule has 1 amide bonds. The van der Waals surface area contributed by atoms with Crippen molar-refractivity contribution < 1.29 is 4.79 Å². The SMILES string of the molecule is O=C(NCc1nn(-c2ccccc2)c2c1CCC2)c1cnns1. The molecule has 0 radical (unpaired) electrons. The molecular formula is C16H15N5OS. The molecule has 0 fully saturated rings. The lowest BCUT2D eigenvalue weighted by molar-refractivity contribution is 0.0954. The van der Waals surface area contributed by atoms with E-state index in [0.29, 0.717) is 11.4 Å². The number of hydrogen-bond acceptors (Lipinski definition) is 5. The summed E-state index contributed by atoms with van der Waals surface area (Å²) < 4.78 is 5.72. The molecule has 7 heteroatoms. The van der Waals surface area contributed by atoms with Crippen molar-refractivity contribution in [2.24, 2.45) is 0 Å². The number of hydrogen-bond donors (Lipinski definition) is 1. The highest BCUT2D eigenvalue weighted by molar-refractivity contribution is 7.07. The van der Waals surface area contributed by atoms with E-state index in [1.165, 1.54) is 17.5 Å². The van der Waals surface area contributed by atoms with Gasteiger partial charge in [-0.25, -0.2) is 4.68 Å². The average molecular weight is 325 g/mol. The summed E-state index contributed by atoms with van der Waals surface area (Å²) in [4.78, 5) is 12.6. The van der Waals surface area contributed by atoms with Gasteiger partial charge in [0.1, 0.15) is 4.88 Å². The van der Waals surface area contributed by atoms with Gasteiger partial charge in [-0.1, -0.05) is 22.7 Å². The Morgan fingerprint density at radius 1 is 1.26 bits per heavy atom. The van der Waals surface area contributed by atoms with Crippen molar-refractivity contribution >= 4 is 17.4 Å². The van der Waals surface area contributed by atoms with Crippen molar-refractivity contribution in [3.63, 3.8) is 0 Å². The molecule has 0 spiro atoms. The maximum Gasteiger partial charge on any atom is 0.264 e. The third-order valence-corrected chi connectivity index (χ3v) is 4.68. The van der Waals surface area contributed by atoms with Crippen LogP contribution in [0.2, 0.25) is 0 Å². The van der Waals surface area contributed by atoms with Crippen LogP contribution in [0.4, 0.5) is 0 Å². The first kappa shape index (κ1) is 14.1. The molecule has 3 aromatic rings. The van der Waals surface area contributed by atoms with E-state index in [2.05, 4.69) is 27.0 Å². The quantitative estimate of drug-likeness (QED) is 0.798. The van der Waals surface area contributed by atoms with Crippen LogP contribution >= 0.6 is 11.5 Å². The molecule has 1 aromatic carbocycles. The van der Waals surface area contributed by atoms with Crippen LogP contribution in [0.1, 0.15) is 33.0 Å². The average Bonchev–Trinajstić information content (AvgIpc) is 3.31. The Hall–Kier alpha value is -2.54. The van der Waals surface area contributed by atoms with Gasteiger partial charge in [0.05, 0.1) is 24.1 Å². The van der Waals surface area contributed by atoms with E-state index in [1.807, 2.05) is 22.9 Å². The number of carbonyl (C=O) groups excluding carboxylic acids is 1. The van der Waals surface area contributed by atoms with Crippen LogP contribution in [-0.2, 0) is 19.4 Å². The van der Waals surface area contributed by atoms with Gasteiger partial charge in [-0.2, -0.15) is 5.10 Å². The van der Waals surface area contributed by atoms with E-state index in [1.54, 1.807) is 0 Å². The molecule has 4 rings (SSSR count). The van der Waals surface area contributed by atoms with Gasteiger partial charge >= 0.3 is 0 Å². The summed E-state index contributed by atoms with van der Waals surface area (Å²) in [5.74, 6) is -0.152. The molecule has 1 aliphatic rings. The monoisotopic (exact) mass is 325 g/mol.